The molecule has 6 heteroatoms. The number of aromatic nitrogens is 2. The van der Waals surface area contributed by atoms with Gasteiger partial charge < -0.3 is 4.90 Å². The number of hydrogen-bond donors (Lipinski definition) is 0. The second kappa shape index (κ2) is 7.01. The lowest BCUT2D eigenvalue weighted by Crippen LogP contribution is -2.32. The normalized spacial score (nSPS) is 10.1. The summed E-state index contributed by atoms with van der Waals surface area (Å²) in [5, 5.41) is 9.38. The van der Waals surface area contributed by atoms with E-state index < -0.39 is 0 Å². The lowest BCUT2D eigenvalue weighted by Gasteiger charge is -2.22. The van der Waals surface area contributed by atoms with E-state index in [-0.39, 0.29) is 24.6 Å². The fraction of sp³-hybridized carbons (Fsp3) is 0.250. The quantitative estimate of drug-likeness (QED) is 0.868. The summed E-state index contributed by atoms with van der Waals surface area (Å²) in [5.41, 5.74) is 2.53. The second-order valence-corrected chi connectivity index (χ2v) is 5.25. The van der Waals surface area contributed by atoms with E-state index in [0.29, 0.717) is 10.7 Å². The van der Waals surface area contributed by atoms with Crippen LogP contribution in [-0.2, 0) is 0 Å². The number of benzene rings is 1. The number of nitriles is 1. The molecule has 0 spiro atoms. The molecule has 0 N–H and O–H groups in total. The Morgan fingerprint density at radius 3 is 2.68 bits per heavy atom. The SMILES string of the molecule is Cc1cnc(C(=O)N(CCC#N)c2ccc(C)c(Cl)c2)cn1. The molecule has 0 saturated heterocycles. The van der Waals surface area contributed by atoms with Crippen molar-refractivity contribution < 1.29 is 4.79 Å². The number of nitrogens with zero attached hydrogens (tertiary/aromatic N) is 4. The smallest absolute Gasteiger partial charge is 0.278 e. The molecule has 1 aromatic heterocycles. The van der Waals surface area contributed by atoms with Crippen LogP contribution in [0.5, 0.6) is 0 Å². The first-order valence-corrected chi connectivity index (χ1v) is 7.14. The van der Waals surface area contributed by atoms with Gasteiger partial charge in [0.25, 0.3) is 5.91 Å². The van der Waals surface area contributed by atoms with Gasteiger partial charge in [-0.3, -0.25) is 9.78 Å². The molecule has 0 aliphatic carbocycles. The Hall–Kier alpha value is -2.45. The number of amides is 1. The summed E-state index contributed by atoms with van der Waals surface area (Å²) in [6, 6.07) is 7.40. The van der Waals surface area contributed by atoms with Crippen LogP contribution in [-0.4, -0.2) is 22.4 Å². The number of rotatable bonds is 4. The van der Waals surface area contributed by atoms with Gasteiger partial charge in [-0.25, -0.2) is 4.98 Å². The minimum atomic E-state index is -0.303. The van der Waals surface area contributed by atoms with E-state index in [1.54, 1.807) is 19.1 Å². The predicted molar refractivity (Wildman–Crippen MR) is 84.9 cm³/mol. The van der Waals surface area contributed by atoms with Crippen molar-refractivity contribution in [3.8, 4) is 6.07 Å². The van der Waals surface area contributed by atoms with Crippen LogP contribution in [0.15, 0.2) is 30.6 Å². The number of carbonyl (C=O) groups excluding carboxylic acids is 1. The van der Waals surface area contributed by atoms with E-state index in [1.165, 1.54) is 17.3 Å². The Morgan fingerprint density at radius 2 is 2.09 bits per heavy atom. The molecular formula is C16H15ClN4O. The van der Waals surface area contributed by atoms with Gasteiger partial charge in [-0.05, 0) is 31.5 Å². The van der Waals surface area contributed by atoms with E-state index in [1.807, 2.05) is 19.1 Å². The molecule has 0 radical (unpaired) electrons. The Labute approximate surface area is 134 Å². The van der Waals surface area contributed by atoms with Crippen LogP contribution >= 0.6 is 11.6 Å². The van der Waals surface area contributed by atoms with Crippen molar-refractivity contribution >= 4 is 23.2 Å². The van der Waals surface area contributed by atoms with Gasteiger partial charge in [-0.15, -0.1) is 0 Å². The van der Waals surface area contributed by atoms with Crippen molar-refractivity contribution in [2.24, 2.45) is 0 Å². The summed E-state index contributed by atoms with van der Waals surface area (Å²) in [5.74, 6) is -0.303. The van der Waals surface area contributed by atoms with Crippen LogP contribution in [0.3, 0.4) is 0 Å². The van der Waals surface area contributed by atoms with Gasteiger partial charge in [-0.2, -0.15) is 5.26 Å². The summed E-state index contributed by atoms with van der Waals surface area (Å²) in [6.07, 6.45) is 3.20. The maximum Gasteiger partial charge on any atom is 0.278 e. The highest BCUT2D eigenvalue weighted by Gasteiger charge is 2.19. The molecule has 0 aliphatic rings. The molecule has 0 bridgehead atoms. The first kappa shape index (κ1) is 15.9. The molecule has 1 heterocycles. The molecule has 0 unspecified atom stereocenters. The molecule has 0 fully saturated rings. The van der Waals surface area contributed by atoms with Gasteiger partial charge >= 0.3 is 0 Å². The summed E-state index contributed by atoms with van der Waals surface area (Å²) in [4.78, 5) is 22.3. The average Bonchev–Trinajstić information content (AvgIpc) is 2.51. The Bertz CT molecular complexity index is 722. The Balaban J connectivity index is 2.36. The maximum absolute atomic E-state index is 12.6. The molecule has 1 aromatic carbocycles. The monoisotopic (exact) mass is 314 g/mol. The second-order valence-electron chi connectivity index (χ2n) is 4.84. The van der Waals surface area contributed by atoms with Crippen LogP contribution in [0.25, 0.3) is 0 Å². The first-order chi connectivity index (χ1) is 10.5. The summed E-state index contributed by atoms with van der Waals surface area (Å²) >= 11 is 6.13. The summed E-state index contributed by atoms with van der Waals surface area (Å²) in [7, 11) is 0. The molecule has 22 heavy (non-hydrogen) atoms. The zero-order valence-corrected chi connectivity index (χ0v) is 13.1. The third-order valence-corrected chi connectivity index (χ3v) is 3.57. The van der Waals surface area contributed by atoms with E-state index >= 15 is 0 Å². The van der Waals surface area contributed by atoms with Gasteiger partial charge in [0.2, 0.25) is 0 Å². The van der Waals surface area contributed by atoms with Crippen molar-refractivity contribution in [2.45, 2.75) is 20.3 Å². The fourth-order valence-corrected chi connectivity index (χ4v) is 2.08. The Morgan fingerprint density at radius 1 is 1.32 bits per heavy atom. The van der Waals surface area contributed by atoms with Crippen molar-refractivity contribution in [2.75, 3.05) is 11.4 Å². The van der Waals surface area contributed by atoms with Crippen LogP contribution in [0.2, 0.25) is 5.02 Å². The summed E-state index contributed by atoms with van der Waals surface area (Å²) < 4.78 is 0. The van der Waals surface area contributed by atoms with E-state index in [0.717, 1.165) is 11.3 Å². The number of aryl methyl sites for hydroxylation is 2. The van der Waals surface area contributed by atoms with Crippen molar-refractivity contribution in [1.82, 2.24) is 9.97 Å². The number of hydrogen-bond acceptors (Lipinski definition) is 4. The standard InChI is InChI=1S/C16H15ClN4O/c1-11-4-5-13(8-14(11)17)21(7-3-6-18)16(22)15-10-19-12(2)9-20-15/h4-5,8-10H,3,7H2,1-2H3. The lowest BCUT2D eigenvalue weighted by molar-refractivity contribution is 0.0982. The predicted octanol–water partition coefficient (Wildman–Crippen LogP) is 3.31. The number of carbonyl (C=O) groups is 1. The van der Waals surface area contributed by atoms with Crippen LogP contribution in [0.4, 0.5) is 5.69 Å². The molecule has 2 aromatic rings. The highest BCUT2D eigenvalue weighted by Crippen LogP contribution is 2.24. The average molecular weight is 315 g/mol. The lowest BCUT2D eigenvalue weighted by atomic mass is 10.2. The number of halogens is 1. The van der Waals surface area contributed by atoms with E-state index in [2.05, 4.69) is 9.97 Å². The minimum absolute atomic E-state index is 0.219. The van der Waals surface area contributed by atoms with Crippen LogP contribution in [0, 0.1) is 25.2 Å². The third-order valence-electron chi connectivity index (χ3n) is 3.16. The highest BCUT2D eigenvalue weighted by atomic mass is 35.5. The van der Waals surface area contributed by atoms with Gasteiger partial charge in [0.05, 0.1) is 24.4 Å². The molecule has 0 saturated carbocycles. The van der Waals surface area contributed by atoms with Gasteiger partial charge in [0.15, 0.2) is 0 Å². The van der Waals surface area contributed by atoms with Crippen molar-refractivity contribution in [3.05, 3.63) is 52.6 Å². The number of anilines is 1. The molecule has 112 valence electrons. The van der Waals surface area contributed by atoms with E-state index in [4.69, 9.17) is 16.9 Å². The van der Waals surface area contributed by atoms with E-state index in [9.17, 15) is 4.79 Å². The first-order valence-electron chi connectivity index (χ1n) is 6.76. The van der Waals surface area contributed by atoms with Crippen molar-refractivity contribution in [3.63, 3.8) is 0 Å². The van der Waals surface area contributed by atoms with Gasteiger partial charge in [0.1, 0.15) is 5.69 Å². The molecular weight excluding hydrogens is 300 g/mol. The topological polar surface area (TPSA) is 69.9 Å². The van der Waals surface area contributed by atoms with Crippen LogP contribution in [0.1, 0.15) is 28.2 Å². The van der Waals surface area contributed by atoms with Gasteiger partial charge in [0, 0.05) is 23.5 Å². The van der Waals surface area contributed by atoms with Crippen molar-refractivity contribution in [1.29, 1.82) is 5.26 Å². The molecule has 5 nitrogen and oxygen atoms in total. The largest absolute Gasteiger partial charge is 0.306 e. The molecule has 2 rings (SSSR count). The minimum Gasteiger partial charge on any atom is -0.306 e. The van der Waals surface area contributed by atoms with Crippen LogP contribution < -0.4 is 4.90 Å². The molecule has 1 amide bonds. The fourth-order valence-electron chi connectivity index (χ4n) is 1.90. The zero-order valence-electron chi connectivity index (χ0n) is 12.4. The van der Waals surface area contributed by atoms with Gasteiger partial charge in [-0.1, -0.05) is 17.7 Å². The molecule has 0 atom stereocenters. The molecule has 0 aliphatic heterocycles. The third kappa shape index (κ3) is 3.60. The highest BCUT2D eigenvalue weighted by molar-refractivity contribution is 6.31. The summed E-state index contributed by atoms with van der Waals surface area (Å²) in [6.45, 7) is 3.96. The maximum atomic E-state index is 12.6. The zero-order chi connectivity index (χ0) is 16.1. The Kier molecular flexibility index (Phi) is 5.08.